The van der Waals surface area contributed by atoms with Crippen molar-refractivity contribution in [3.8, 4) is 0 Å². The lowest BCUT2D eigenvalue weighted by atomic mass is 9.95. The summed E-state index contributed by atoms with van der Waals surface area (Å²) in [5.41, 5.74) is 2.98. The zero-order valence-corrected chi connectivity index (χ0v) is 18.0. The molecule has 7 nitrogen and oxygen atoms in total. The van der Waals surface area contributed by atoms with Gasteiger partial charge in [0.1, 0.15) is 5.82 Å². The van der Waals surface area contributed by atoms with E-state index in [1.54, 1.807) is 22.1 Å². The molecule has 2 atom stereocenters. The molecule has 2 saturated heterocycles. The number of pyridine rings is 1. The minimum absolute atomic E-state index is 0.0287. The summed E-state index contributed by atoms with van der Waals surface area (Å²) in [6.07, 6.45) is 3.44. The highest BCUT2D eigenvalue weighted by Gasteiger charge is 2.39. The van der Waals surface area contributed by atoms with Crippen molar-refractivity contribution in [2.45, 2.75) is 33.1 Å². The van der Waals surface area contributed by atoms with Crippen molar-refractivity contribution in [1.29, 1.82) is 0 Å². The molecule has 7 heteroatoms. The van der Waals surface area contributed by atoms with Crippen LogP contribution in [0.5, 0.6) is 0 Å². The van der Waals surface area contributed by atoms with Crippen molar-refractivity contribution in [2.75, 3.05) is 29.9 Å². The van der Waals surface area contributed by atoms with Crippen molar-refractivity contribution in [1.82, 2.24) is 9.88 Å². The second kappa shape index (κ2) is 8.88. The summed E-state index contributed by atoms with van der Waals surface area (Å²) in [6.45, 7) is 5.34. The Labute approximate surface area is 182 Å². The number of hydrogen-bond acceptors (Lipinski definition) is 4. The maximum atomic E-state index is 13.1. The van der Waals surface area contributed by atoms with E-state index in [9.17, 15) is 14.4 Å². The summed E-state index contributed by atoms with van der Waals surface area (Å²) in [4.78, 5) is 46.1. The van der Waals surface area contributed by atoms with Crippen molar-refractivity contribution in [2.24, 2.45) is 11.8 Å². The highest BCUT2D eigenvalue weighted by Crippen LogP contribution is 2.28. The summed E-state index contributed by atoms with van der Waals surface area (Å²) in [6, 6.07) is 11.4. The Morgan fingerprint density at radius 3 is 2.45 bits per heavy atom. The van der Waals surface area contributed by atoms with E-state index in [1.165, 1.54) is 0 Å². The largest absolute Gasteiger partial charge is 0.342 e. The number of piperidine rings is 1. The Bertz CT molecular complexity index is 971. The number of anilines is 2. The van der Waals surface area contributed by atoms with Gasteiger partial charge in [-0.15, -0.1) is 0 Å². The van der Waals surface area contributed by atoms with Gasteiger partial charge in [0, 0.05) is 37.9 Å². The number of carbonyl (C=O) groups is 3. The van der Waals surface area contributed by atoms with E-state index in [2.05, 4.69) is 10.3 Å². The number of hydrogen-bond donors (Lipinski definition) is 1. The summed E-state index contributed by atoms with van der Waals surface area (Å²) in [5.74, 6) is -0.292. The monoisotopic (exact) mass is 420 g/mol. The smallest absolute Gasteiger partial charge is 0.230 e. The fourth-order valence-corrected chi connectivity index (χ4v) is 4.27. The van der Waals surface area contributed by atoms with Crippen LogP contribution < -0.4 is 10.2 Å². The zero-order chi connectivity index (χ0) is 22.0. The molecule has 0 aliphatic carbocycles. The summed E-state index contributed by atoms with van der Waals surface area (Å²) in [5, 5.41) is 2.86. The Morgan fingerprint density at radius 1 is 1.00 bits per heavy atom. The van der Waals surface area contributed by atoms with Gasteiger partial charge < -0.3 is 15.1 Å². The molecule has 0 bridgehead atoms. The zero-order valence-electron chi connectivity index (χ0n) is 18.0. The Hall–Kier alpha value is -3.22. The van der Waals surface area contributed by atoms with Gasteiger partial charge in [-0.05, 0) is 50.5 Å². The van der Waals surface area contributed by atoms with E-state index >= 15 is 0 Å². The molecule has 1 aromatic heterocycles. The maximum Gasteiger partial charge on any atom is 0.230 e. The fraction of sp³-hybridized carbons (Fsp3) is 0.417. The number of carbonyl (C=O) groups excluding carboxylic acids is 3. The predicted molar refractivity (Wildman–Crippen MR) is 119 cm³/mol. The number of aromatic nitrogens is 1. The number of nitrogens with zero attached hydrogens (tertiary/aromatic N) is 3. The minimum Gasteiger partial charge on any atom is -0.342 e. The first-order valence-corrected chi connectivity index (χ1v) is 10.8. The Morgan fingerprint density at radius 2 is 1.74 bits per heavy atom. The van der Waals surface area contributed by atoms with Gasteiger partial charge in [-0.3, -0.25) is 14.4 Å². The molecule has 2 aliphatic rings. The van der Waals surface area contributed by atoms with Crippen molar-refractivity contribution >= 4 is 29.2 Å². The lowest BCUT2D eigenvalue weighted by Crippen LogP contribution is -2.46. The van der Waals surface area contributed by atoms with E-state index < -0.39 is 0 Å². The first-order chi connectivity index (χ1) is 14.9. The number of amides is 3. The number of likely N-dealkylation sites (tertiary alicyclic amines) is 1. The molecular formula is C24H28N4O3. The van der Waals surface area contributed by atoms with Crippen molar-refractivity contribution in [3.63, 3.8) is 0 Å². The molecule has 3 heterocycles. The highest BCUT2D eigenvalue weighted by atomic mass is 16.2. The Kier molecular flexibility index (Phi) is 6.02. The summed E-state index contributed by atoms with van der Waals surface area (Å²) >= 11 is 0. The van der Waals surface area contributed by atoms with Crippen LogP contribution in [0.15, 0.2) is 42.6 Å². The van der Waals surface area contributed by atoms with Gasteiger partial charge in [0.25, 0.3) is 0 Å². The van der Waals surface area contributed by atoms with E-state index in [0.29, 0.717) is 25.5 Å². The summed E-state index contributed by atoms with van der Waals surface area (Å²) in [7, 11) is 0. The SMILES string of the molecule is Cc1ccc(N2CC(C(=O)N3CCCC(C(=O)Nc4ccc(C)cn4)C3)CC2=O)cc1. The van der Waals surface area contributed by atoms with Gasteiger partial charge in [0.05, 0.1) is 11.8 Å². The Balaban J connectivity index is 1.37. The number of benzene rings is 1. The molecule has 2 unspecified atom stereocenters. The first kappa shape index (κ1) is 21.0. The van der Waals surface area contributed by atoms with Crippen molar-refractivity contribution < 1.29 is 14.4 Å². The molecule has 2 aromatic rings. The van der Waals surface area contributed by atoms with Crippen LogP contribution >= 0.6 is 0 Å². The maximum absolute atomic E-state index is 13.1. The molecular weight excluding hydrogens is 392 g/mol. The van der Waals surface area contributed by atoms with E-state index in [4.69, 9.17) is 0 Å². The molecule has 2 fully saturated rings. The second-order valence-corrected chi connectivity index (χ2v) is 8.57. The van der Waals surface area contributed by atoms with Crippen LogP contribution in [0.25, 0.3) is 0 Å². The molecule has 2 aliphatic heterocycles. The predicted octanol–water partition coefficient (Wildman–Crippen LogP) is 2.93. The lowest BCUT2D eigenvalue weighted by Gasteiger charge is -2.33. The highest BCUT2D eigenvalue weighted by molar-refractivity contribution is 6.00. The topological polar surface area (TPSA) is 82.6 Å². The average molecular weight is 421 g/mol. The van der Waals surface area contributed by atoms with Crippen LogP contribution in [0.1, 0.15) is 30.4 Å². The quantitative estimate of drug-likeness (QED) is 0.825. The fourth-order valence-electron chi connectivity index (χ4n) is 4.27. The molecule has 0 radical (unpaired) electrons. The third-order valence-electron chi connectivity index (χ3n) is 6.09. The van der Waals surface area contributed by atoms with E-state index in [1.807, 2.05) is 44.2 Å². The normalized spacial score (nSPS) is 21.3. The molecule has 4 rings (SSSR count). The van der Waals surface area contributed by atoms with Crippen LogP contribution in [-0.2, 0) is 14.4 Å². The molecule has 0 saturated carbocycles. The molecule has 1 N–H and O–H groups in total. The summed E-state index contributed by atoms with van der Waals surface area (Å²) < 4.78 is 0. The van der Waals surface area contributed by atoms with E-state index in [-0.39, 0.29) is 36.0 Å². The third kappa shape index (κ3) is 4.76. The van der Waals surface area contributed by atoms with Crippen LogP contribution in [-0.4, -0.2) is 47.2 Å². The van der Waals surface area contributed by atoms with E-state index in [0.717, 1.165) is 29.7 Å². The van der Waals surface area contributed by atoms with Gasteiger partial charge >= 0.3 is 0 Å². The van der Waals surface area contributed by atoms with Crippen LogP contribution in [0.2, 0.25) is 0 Å². The second-order valence-electron chi connectivity index (χ2n) is 8.57. The van der Waals surface area contributed by atoms with Gasteiger partial charge in [0.15, 0.2) is 0 Å². The molecule has 0 spiro atoms. The van der Waals surface area contributed by atoms with Crippen LogP contribution in [0.3, 0.4) is 0 Å². The van der Waals surface area contributed by atoms with Gasteiger partial charge in [-0.2, -0.15) is 0 Å². The molecule has 3 amide bonds. The number of rotatable bonds is 4. The third-order valence-corrected chi connectivity index (χ3v) is 6.09. The van der Waals surface area contributed by atoms with Gasteiger partial charge in [0.2, 0.25) is 17.7 Å². The molecule has 31 heavy (non-hydrogen) atoms. The number of aryl methyl sites for hydroxylation is 2. The standard InChI is InChI=1S/C24H28N4O3/c1-16-5-8-20(9-6-16)28-15-19(12-22(28)29)24(31)27-11-3-4-18(14-27)23(30)26-21-10-7-17(2)13-25-21/h5-10,13,18-19H,3-4,11-12,14-15H2,1-2H3,(H,25,26,30). The van der Waals surface area contributed by atoms with Gasteiger partial charge in [-0.25, -0.2) is 4.98 Å². The molecule has 162 valence electrons. The van der Waals surface area contributed by atoms with Crippen molar-refractivity contribution in [3.05, 3.63) is 53.7 Å². The molecule has 1 aromatic carbocycles. The number of nitrogens with one attached hydrogen (secondary N) is 1. The lowest BCUT2D eigenvalue weighted by molar-refractivity contribution is -0.138. The van der Waals surface area contributed by atoms with Crippen LogP contribution in [0.4, 0.5) is 11.5 Å². The minimum atomic E-state index is -0.366. The van der Waals surface area contributed by atoms with Crippen LogP contribution in [0, 0.1) is 25.7 Å². The average Bonchev–Trinajstić information content (AvgIpc) is 3.17. The van der Waals surface area contributed by atoms with Gasteiger partial charge in [-0.1, -0.05) is 23.8 Å². The first-order valence-electron chi connectivity index (χ1n) is 10.8.